The summed E-state index contributed by atoms with van der Waals surface area (Å²) in [5.41, 5.74) is 5.41. The zero-order valence-electron chi connectivity index (χ0n) is 34.1. The summed E-state index contributed by atoms with van der Waals surface area (Å²) in [4.78, 5) is 37.0. The number of carbonyl (C=O) groups is 1. The van der Waals surface area contributed by atoms with Gasteiger partial charge in [-0.05, 0) is 84.3 Å². The van der Waals surface area contributed by atoms with Crippen LogP contribution in [0, 0.1) is 15.5 Å². The van der Waals surface area contributed by atoms with Crippen molar-refractivity contribution in [1.82, 2.24) is 24.9 Å². The number of nitrogens with one attached hydrogen (secondary N) is 4. The smallest absolute Gasteiger partial charge is 0.293 e. The van der Waals surface area contributed by atoms with E-state index in [2.05, 4.69) is 61.1 Å². The Morgan fingerprint density at radius 1 is 1.07 bits per heavy atom. The molecular formula is C44H49ClN8O7S. The van der Waals surface area contributed by atoms with Crippen molar-refractivity contribution >= 4 is 61.2 Å². The van der Waals surface area contributed by atoms with E-state index in [0.29, 0.717) is 24.5 Å². The van der Waals surface area contributed by atoms with Gasteiger partial charge in [0.05, 0.1) is 34.3 Å². The summed E-state index contributed by atoms with van der Waals surface area (Å²) in [7, 11) is -4.57. The van der Waals surface area contributed by atoms with Crippen LogP contribution in [0.4, 0.5) is 17.1 Å². The number of aromatic amines is 1. The van der Waals surface area contributed by atoms with Gasteiger partial charge in [-0.3, -0.25) is 19.8 Å². The summed E-state index contributed by atoms with van der Waals surface area (Å²) in [6.07, 6.45) is 6.25. The third kappa shape index (κ3) is 10.0. The number of benzene rings is 3. The molecule has 8 rings (SSSR count). The fourth-order valence-electron chi connectivity index (χ4n) is 8.17. The Balaban J connectivity index is 1.00. The molecule has 2 aliphatic heterocycles. The molecule has 61 heavy (non-hydrogen) atoms. The van der Waals surface area contributed by atoms with Gasteiger partial charge >= 0.3 is 0 Å². The van der Waals surface area contributed by atoms with E-state index in [-0.39, 0.29) is 35.1 Å². The molecule has 0 bridgehead atoms. The highest BCUT2D eigenvalue weighted by Crippen LogP contribution is 2.43. The number of hydrogen-bond donors (Lipinski definition) is 4. The van der Waals surface area contributed by atoms with Gasteiger partial charge in [-0.25, -0.2) is 18.1 Å². The zero-order valence-corrected chi connectivity index (χ0v) is 35.7. The molecule has 4 heterocycles. The van der Waals surface area contributed by atoms with E-state index in [1.807, 2.05) is 18.2 Å². The Bertz CT molecular complexity index is 2570. The average Bonchev–Trinajstić information content (AvgIpc) is 3.72. The maximum Gasteiger partial charge on any atom is 0.293 e. The molecule has 3 aromatic carbocycles. The number of nitro benzene ring substituents is 1. The standard InChI is InChI=1S/C44H49ClN8O7S/c1-44(2)13-11-31(38(24-44)29-3-5-32(45)6-4-29)28-51-16-18-52(19-17-51)33-7-9-37(41(22-33)60-34-21-30-12-14-47-42(30)49-26-34)43(54)50-61(57,58)36-8-10-39(40(23-36)53(55)56)48-27-35-25-46-15-20-59-35/h3-10,12,14,21-23,26,35,46,48H,11,13,15-20,24-25,27-28H2,1-2H3,(H,47,49)(H,50,54). The van der Waals surface area contributed by atoms with E-state index < -0.39 is 31.4 Å². The minimum atomic E-state index is -4.57. The van der Waals surface area contributed by atoms with Gasteiger partial charge in [0, 0.05) is 86.8 Å². The molecule has 1 aliphatic carbocycles. The van der Waals surface area contributed by atoms with E-state index >= 15 is 0 Å². The molecule has 1 amide bonds. The second-order valence-corrected chi connectivity index (χ2v) is 18.6. The number of rotatable bonds is 13. The highest BCUT2D eigenvalue weighted by Gasteiger charge is 2.31. The van der Waals surface area contributed by atoms with Crippen molar-refractivity contribution in [2.75, 3.05) is 69.2 Å². The molecule has 17 heteroatoms. The van der Waals surface area contributed by atoms with Crippen LogP contribution in [0.1, 0.15) is 49.0 Å². The number of aromatic nitrogens is 2. The molecule has 2 saturated heterocycles. The quantitative estimate of drug-likeness (QED) is 0.0690. The number of carbonyl (C=O) groups excluding carboxylic acids is 1. The van der Waals surface area contributed by atoms with Crippen LogP contribution in [0.25, 0.3) is 16.6 Å². The van der Waals surface area contributed by atoms with Gasteiger partial charge in [0.2, 0.25) is 0 Å². The number of piperazine rings is 1. The normalized spacial score (nSPS) is 18.5. The fraction of sp³-hybridized carbons (Fsp3) is 0.364. The van der Waals surface area contributed by atoms with Gasteiger partial charge in [-0.1, -0.05) is 43.2 Å². The number of pyridine rings is 1. The van der Waals surface area contributed by atoms with Crippen molar-refractivity contribution in [2.24, 2.45) is 5.41 Å². The highest BCUT2D eigenvalue weighted by atomic mass is 35.5. The first kappa shape index (κ1) is 42.2. The molecule has 4 N–H and O–H groups in total. The molecule has 320 valence electrons. The summed E-state index contributed by atoms with van der Waals surface area (Å²) < 4.78 is 41.4. The summed E-state index contributed by atoms with van der Waals surface area (Å²) >= 11 is 6.24. The number of halogens is 1. The van der Waals surface area contributed by atoms with E-state index in [0.717, 1.165) is 80.7 Å². The number of anilines is 2. The van der Waals surface area contributed by atoms with Crippen LogP contribution >= 0.6 is 11.6 Å². The zero-order chi connectivity index (χ0) is 42.7. The van der Waals surface area contributed by atoms with Crippen LogP contribution in [0.3, 0.4) is 0 Å². The van der Waals surface area contributed by atoms with Gasteiger partial charge in [0.25, 0.3) is 21.6 Å². The fourth-order valence-corrected chi connectivity index (χ4v) is 9.28. The maximum absolute atomic E-state index is 13.9. The number of nitrogens with zero attached hydrogens (tertiary/aromatic N) is 4. The van der Waals surface area contributed by atoms with E-state index in [9.17, 15) is 23.3 Å². The summed E-state index contributed by atoms with van der Waals surface area (Å²) in [5, 5.41) is 19.7. The number of sulfonamides is 1. The number of hydrogen-bond acceptors (Lipinski definition) is 12. The SMILES string of the molecule is CC1(C)CCC(CN2CCN(c3ccc(C(=O)NS(=O)(=O)c4ccc(NCC5CNCCO5)c([N+](=O)[O-])c4)c(Oc4cnc5[nH]ccc5c4)c3)CC2)=C(c2ccc(Cl)cc2)C1. The number of amides is 1. The summed E-state index contributed by atoms with van der Waals surface area (Å²) in [6, 6.07) is 20.3. The van der Waals surface area contributed by atoms with Crippen molar-refractivity contribution < 1.29 is 27.6 Å². The number of ether oxygens (including phenoxy) is 2. The summed E-state index contributed by atoms with van der Waals surface area (Å²) in [6.45, 7) is 10.7. The Morgan fingerprint density at radius 2 is 1.87 bits per heavy atom. The molecule has 0 saturated carbocycles. The van der Waals surface area contributed by atoms with Gasteiger partial charge in [-0.2, -0.15) is 0 Å². The Labute approximate surface area is 359 Å². The van der Waals surface area contributed by atoms with Crippen molar-refractivity contribution in [1.29, 1.82) is 0 Å². The van der Waals surface area contributed by atoms with E-state index in [4.69, 9.17) is 21.1 Å². The number of morpholine rings is 1. The van der Waals surface area contributed by atoms with E-state index in [1.54, 1.807) is 24.4 Å². The van der Waals surface area contributed by atoms with Crippen LogP contribution in [0.2, 0.25) is 5.02 Å². The lowest BCUT2D eigenvalue weighted by atomic mass is 9.72. The van der Waals surface area contributed by atoms with Crippen LogP contribution < -0.4 is 25.0 Å². The number of nitro groups is 1. The van der Waals surface area contributed by atoms with Gasteiger partial charge in [0.1, 0.15) is 22.8 Å². The molecule has 2 aromatic heterocycles. The molecule has 1 unspecified atom stereocenters. The van der Waals surface area contributed by atoms with Gasteiger partial charge in [0.15, 0.2) is 0 Å². The number of H-pyrrole nitrogens is 1. The largest absolute Gasteiger partial charge is 0.455 e. The Hall–Kier alpha value is -5.52. The third-order valence-corrected chi connectivity index (χ3v) is 13.2. The molecule has 2 fully saturated rings. The summed E-state index contributed by atoms with van der Waals surface area (Å²) in [5.74, 6) is -0.495. The van der Waals surface area contributed by atoms with Gasteiger partial charge < -0.3 is 30.0 Å². The molecular weight excluding hydrogens is 820 g/mol. The second kappa shape index (κ2) is 17.8. The van der Waals surface area contributed by atoms with Crippen LogP contribution in [-0.4, -0.2) is 99.2 Å². The lowest BCUT2D eigenvalue weighted by Gasteiger charge is -2.39. The van der Waals surface area contributed by atoms with Crippen molar-refractivity contribution in [2.45, 2.75) is 44.1 Å². The molecule has 15 nitrogen and oxygen atoms in total. The van der Waals surface area contributed by atoms with E-state index in [1.165, 1.54) is 41.1 Å². The van der Waals surface area contributed by atoms with Crippen molar-refractivity contribution in [3.8, 4) is 11.5 Å². The minimum Gasteiger partial charge on any atom is -0.455 e. The lowest BCUT2D eigenvalue weighted by Crippen LogP contribution is -2.47. The topological polar surface area (TPSA) is 184 Å². The highest BCUT2D eigenvalue weighted by molar-refractivity contribution is 7.90. The van der Waals surface area contributed by atoms with Crippen LogP contribution in [-0.2, 0) is 14.8 Å². The minimum absolute atomic E-state index is 0.0455. The first-order valence-corrected chi connectivity index (χ1v) is 22.3. The Morgan fingerprint density at radius 3 is 2.62 bits per heavy atom. The van der Waals surface area contributed by atoms with Crippen molar-refractivity contribution in [3.05, 3.63) is 117 Å². The molecule has 5 aromatic rings. The van der Waals surface area contributed by atoms with Crippen molar-refractivity contribution in [3.63, 3.8) is 0 Å². The molecule has 3 aliphatic rings. The molecule has 0 radical (unpaired) electrons. The predicted octanol–water partition coefficient (Wildman–Crippen LogP) is 7.22. The maximum atomic E-state index is 13.9. The number of allylic oxidation sites excluding steroid dienone is 1. The lowest BCUT2D eigenvalue weighted by molar-refractivity contribution is -0.384. The van der Waals surface area contributed by atoms with Gasteiger partial charge in [-0.15, -0.1) is 0 Å². The third-order valence-electron chi connectivity index (χ3n) is 11.6. The molecule has 1 atom stereocenters. The first-order valence-electron chi connectivity index (χ1n) is 20.4. The number of fused-ring (bicyclic) bond motifs is 1. The molecule has 0 spiro atoms. The predicted molar refractivity (Wildman–Crippen MR) is 236 cm³/mol. The Kier molecular flexibility index (Phi) is 12.3. The van der Waals surface area contributed by atoms with Crippen LogP contribution in [0.5, 0.6) is 11.5 Å². The van der Waals surface area contributed by atoms with Crippen LogP contribution in [0.15, 0.2) is 95.7 Å². The average molecular weight is 869 g/mol. The monoisotopic (exact) mass is 868 g/mol. The first-order chi connectivity index (χ1) is 29.3. The second-order valence-electron chi connectivity index (χ2n) is 16.5.